The number of morpholine rings is 1. The summed E-state index contributed by atoms with van der Waals surface area (Å²) in [5.74, 6) is -0.214. The number of hydrogen-bond donors (Lipinski definition) is 1. The zero-order chi connectivity index (χ0) is 15.5. The zero-order valence-electron chi connectivity index (χ0n) is 12.2. The Morgan fingerprint density at radius 2 is 2.10 bits per heavy atom. The van der Waals surface area contributed by atoms with Crippen LogP contribution in [-0.4, -0.2) is 51.6 Å². The largest absolute Gasteiger partial charge is 0.378 e. The van der Waals surface area contributed by atoms with Gasteiger partial charge in [0.25, 0.3) is 10.0 Å². The number of amides is 1. The van der Waals surface area contributed by atoms with Crippen LogP contribution in [0, 0.1) is 0 Å². The molecule has 0 unspecified atom stereocenters. The SMILES string of the molecule is CCc1ccc(S(=O)(=O)N[C@@H](C)C(=O)N2CCOCC2)s1. The van der Waals surface area contributed by atoms with Crippen LogP contribution < -0.4 is 4.72 Å². The van der Waals surface area contributed by atoms with Crippen molar-refractivity contribution < 1.29 is 17.9 Å². The molecule has 1 atom stereocenters. The van der Waals surface area contributed by atoms with E-state index >= 15 is 0 Å². The number of nitrogens with one attached hydrogen (secondary N) is 1. The average Bonchev–Trinajstić information content (AvgIpc) is 2.96. The molecule has 1 fully saturated rings. The molecule has 0 aliphatic carbocycles. The molecule has 1 aliphatic rings. The predicted octanol–water partition coefficient (Wildman–Crippen LogP) is 0.836. The quantitative estimate of drug-likeness (QED) is 0.867. The maximum absolute atomic E-state index is 12.3. The third-order valence-electron chi connectivity index (χ3n) is 3.28. The Bertz CT molecular complexity index is 591. The van der Waals surface area contributed by atoms with E-state index in [9.17, 15) is 13.2 Å². The fourth-order valence-electron chi connectivity index (χ4n) is 2.09. The van der Waals surface area contributed by atoms with Gasteiger partial charge in [0.1, 0.15) is 4.21 Å². The van der Waals surface area contributed by atoms with Crippen molar-refractivity contribution in [2.45, 2.75) is 30.5 Å². The number of ether oxygens (including phenoxy) is 1. The minimum atomic E-state index is -3.64. The second kappa shape index (κ2) is 6.87. The summed E-state index contributed by atoms with van der Waals surface area (Å²) >= 11 is 1.23. The molecule has 1 aliphatic heterocycles. The Balaban J connectivity index is 2.03. The molecule has 118 valence electrons. The molecule has 0 aromatic carbocycles. The van der Waals surface area contributed by atoms with Gasteiger partial charge in [-0.3, -0.25) is 4.79 Å². The monoisotopic (exact) mass is 332 g/mol. The van der Waals surface area contributed by atoms with Crippen LogP contribution in [0.2, 0.25) is 0 Å². The molecule has 8 heteroatoms. The maximum Gasteiger partial charge on any atom is 0.250 e. The molecule has 21 heavy (non-hydrogen) atoms. The lowest BCUT2D eigenvalue weighted by atomic mass is 10.3. The lowest BCUT2D eigenvalue weighted by Crippen LogP contribution is -2.50. The summed E-state index contributed by atoms with van der Waals surface area (Å²) in [5.41, 5.74) is 0. The first kappa shape index (κ1) is 16.4. The van der Waals surface area contributed by atoms with Crippen LogP contribution in [0.15, 0.2) is 16.3 Å². The van der Waals surface area contributed by atoms with Gasteiger partial charge in [-0.1, -0.05) is 6.92 Å². The molecule has 1 saturated heterocycles. The van der Waals surface area contributed by atoms with Crippen LogP contribution in [0.25, 0.3) is 0 Å². The Morgan fingerprint density at radius 3 is 2.67 bits per heavy atom. The summed E-state index contributed by atoms with van der Waals surface area (Å²) in [6, 6.07) is 2.60. The molecule has 1 aromatic heterocycles. The van der Waals surface area contributed by atoms with Crippen molar-refractivity contribution >= 4 is 27.3 Å². The number of hydrogen-bond acceptors (Lipinski definition) is 5. The van der Waals surface area contributed by atoms with Gasteiger partial charge in [0.2, 0.25) is 5.91 Å². The van der Waals surface area contributed by atoms with Crippen molar-refractivity contribution in [3.8, 4) is 0 Å². The van der Waals surface area contributed by atoms with E-state index < -0.39 is 16.1 Å². The van der Waals surface area contributed by atoms with Crippen LogP contribution in [0.3, 0.4) is 0 Å². The summed E-state index contributed by atoms with van der Waals surface area (Å²) < 4.78 is 32.4. The van der Waals surface area contributed by atoms with Gasteiger partial charge in [0, 0.05) is 18.0 Å². The molecule has 1 N–H and O–H groups in total. The highest BCUT2D eigenvalue weighted by Gasteiger charge is 2.27. The first-order valence-electron chi connectivity index (χ1n) is 6.91. The van der Waals surface area contributed by atoms with Gasteiger partial charge in [-0.05, 0) is 25.5 Å². The standard InChI is InChI=1S/C13H20N2O4S2/c1-3-11-4-5-12(20-11)21(17,18)14-10(2)13(16)15-6-8-19-9-7-15/h4-5,10,14H,3,6-9H2,1-2H3/t10-/m0/s1. The average molecular weight is 332 g/mol. The van der Waals surface area contributed by atoms with E-state index in [4.69, 9.17) is 4.74 Å². The summed E-state index contributed by atoms with van der Waals surface area (Å²) in [4.78, 5) is 14.8. The van der Waals surface area contributed by atoms with Crippen molar-refractivity contribution in [2.24, 2.45) is 0 Å². The molecule has 6 nitrogen and oxygen atoms in total. The number of carbonyl (C=O) groups excluding carboxylic acids is 1. The van der Waals surface area contributed by atoms with Crippen LogP contribution >= 0.6 is 11.3 Å². The highest BCUT2D eigenvalue weighted by Crippen LogP contribution is 2.22. The van der Waals surface area contributed by atoms with Gasteiger partial charge >= 0.3 is 0 Å². The van der Waals surface area contributed by atoms with Crippen molar-refractivity contribution in [1.29, 1.82) is 0 Å². The topological polar surface area (TPSA) is 75.7 Å². The molecule has 2 heterocycles. The summed E-state index contributed by atoms with van der Waals surface area (Å²) in [7, 11) is -3.64. The molecule has 0 spiro atoms. The van der Waals surface area contributed by atoms with Crippen LogP contribution in [0.4, 0.5) is 0 Å². The van der Waals surface area contributed by atoms with E-state index in [-0.39, 0.29) is 10.1 Å². The zero-order valence-corrected chi connectivity index (χ0v) is 13.8. The summed E-state index contributed by atoms with van der Waals surface area (Å²) in [5, 5.41) is 0. The first-order chi connectivity index (χ1) is 9.94. The number of aryl methyl sites for hydroxylation is 1. The van der Waals surface area contributed by atoms with Crippen molar-refractivity contribution in [2.75, 3.05) is 26.3 Å². The second-order valence-electron chi connectivity index (χ2n) is 4.85. The number of sulfonamides is 1. The molecule has 1 amide bonds. The minimum Gasteiger partial charge on any atom is -0.378 e. The maximum atomic E-state index is 12.3. The molecule has 0 radical (unpaired) electrons. The van der Waals surface area contributed by atoms with E-state index in [1.54, 1.807) is 24.0 Å². The van der Waals surface area contributed by atoms with Crippen molar-refractivity contribution in [3.63, 3.8) is 0 Å². The third kappa shape index (κ3) is 4.03. The van der Waals surface area contributed by atoms with E-state index in [0.717, 1.165) is 11.3 Å². The normalized spacial score (nSPS) is 17.7. The van der Waals surface area contributed by atoms with E-state index in [1.165, 1.54) is 11.3 Å². The molecule has 2 rings (SSSR count). The molecular formula is C13H20N2O4S2. The van der Waals surface area contributed by atoms with Gasteiger partial charge in [-0.25, -0.2) is 8.42 Å². The molecule has 1 aromatic rings. The highest BCUT2D eigenvalue weighted by molar-refractivity contribution is 7.91. The van der Waals surface area contributed by atoms with Crippen LogP contribution in [-0.2, 0) is 26.0 Å². The van der Waals surface area contributed by atoms with E-state index in [1.807, 2.05) is 6.92 Å². The highest BCUT2D eigenvalue weighted by atomic mass is 32.2. The Morgan fingerprint density at radius 1 is 1.43 bits per heavy atom. The van der Waals surface area contributed by atoms with Gasteiger partial charge in [-0.2, -0.15) is 4.72 Å². The van der Waals surface area contributed by atoms with Crippen LogP contribution in [0.5, 0.6) is 0 Å². The number of thiophene rings is 1. The van der Waals surface area contributed by atoms with E-state index in [0.29, 0.717) is 26.3 Å². The number of carbonyl (C=O) groups is 1. The fourth-order valence-corrected chi connectivity index (χ4v) is 4.60. The molecule has 0 saturated carbocycles. The second-order valence-corrected chi connectivity index (χ2v) is 7.96. The van der Waals surface area contributed by atoms with Crippen molar-refractivity contribution in [1.82, 2.24) is 9.62 Å². The third-order valence-corrected chi connectivity index (χ3v) is 6.54. The Kier molecular flexibility index (Phi) is 5.37. The van der Waals surface area contributed by atoms with Gasteiger partial charge in [0.05, 0.1) is 19.3 Å². The minimum absolute atomic E-state index is 0.214. The lowest BCUT2D eigenvalue weighted by molar-refractivity contribution is -0.136. The van der Waals surface area contributed by atoms with Gasteiger partial charge < -0.3 is 9.64 Å². The Hall–Kier alpha value is -0.960. The van der Waals surface area contributed by atoms with E-state index in [2.05, 4.69) is 4.72 Å². The summed E-state index contributed by atoms with van der Waals surface area (Å²) in [6.45, 7) is 5.55. The first-order valence-corrected chi connectivity index (χ1v) is 9.21. The van der Waals surface area contributed by atoms with Gasteiger partial charge in [-0.15, -0.1) is 11.3 Å². The summed E-state index contributed by atoms with van der Waals surface area (Å²) in [6.07, 6.45) is 0.794. The molecule has 0 bridgehead atoms. The number of rotatable bonds is 5. The molecular weight excluding hydrogens is 312 g/mol. The Labute approximate surface area is 129 Å². The lowest BCUT2D eigenvalue weighted by Gasteiger charge is -2.29. The van der Waals surface area contributed by atoms with Gasteiger partial charge in [0.15, 0.2) is 0 Å². The van der Waals surface area contributed by atoms with Crippen molar-refractivity contribution in [3.05, 3.63) is 17.0 Å². The fraction of sp³-hybridized carbons (Fsp3) is 0.615. The number of nitrogens with zero attached hydrogens (tertiary/aromatic N) is 1. The smallest absolute Gasteiger partial charge is 0.250 e. The predicted molar refractivity (Wildman–Crippen MR) is 80.9 cm³/mol. The van der Waals surface area contributed by atoms with Crippen LogP contribution in [0.1, 0.15) is 18.7 Å².